The van der Waals surface area contributed by atoms with E-state index >= 15 is 0 Å². The molecule has 0 radical (unpaired) electrons. The average molecular weight is 716 g/mol. The predicted octanol–water partition coefficient (Wildman–Crippen LogP) is 14.7. The molecule has 0 saturated carbocycles. The van der Waals surface area contributed by atoms with Crippen LogP contribution in [0.2, 0.25) is 0 Å². The zero-order valence-corrected chi connectivity index (χ0v) is 30.8. The minimum absolute atomic E-state index is 0.801. The van der Waals surface area contributed by atoms with Gasteiger partial charge in [-0.2, -0.15) is 0 Å². The number of hydrogen-bond acceptors (Lipinski definition) is 2. The van der Waals surface area contributed by atoms with E-state index in [9.17, 15) is 0 Å². The molecule has 0 fully saturated rings. The van der Waals surface area contributed by atoms with Crippen LogP contribution in [-0.4, -0.2) is 0 Å². The summed E-state index contributed by atoms with van der Waals surface area (Å²) in [5, 5.41) is 4.66. The molecule has 1 aromatic heterocycles. The molecule has 2 nitrogen and oxygen atoms in total. The number of nitrogens with zero attached hydrogens (tertiary/aromatic N) is 1. The quantitative estimate of drug-likeness (QED) is 0.180. The summed E-state index contributed by atoms with van der Waals surface area (Å²) in [5.74, 6) is 0. The van der Waals surface area contributed by atoms with Crippen LogP contribution in [0.4, 0.5) is 17.1 Å². The smallest absolute Gasteiger partial charge is 0.136 e. The first-order valence-corrected chi connectivity index (χ1v) is 19.4. The van der Waals surface area contributed by atoms with Crippen molar-refractivity contribution in [3.8, 4) is 33.4 Å². The van der Waals surface area contributed by atoms with Crippen molar-refractivity contribution in [1.82, 2.24) is 0 Å². The third-order valence-corrected chi connectivity index (χ3v) is 11.6. The number of rotatable bonds is 4. The molecule has 0 saturated heterocycles. The van der Waals surface area contributed by atoms with Crippen molar-refractivity contribution < 1.29 is 4.42 Å². The van der Waals surface area contributed by atoms with Crippen LogP contribution >= 0.6 is 0 Å². The molecule has 0 atom stereocenters. The molecule has 0 amide bonds. The Morgan fingerprint density at radius 2 is 0.857 bits per heavy atom. The number of benzene rings is 9. The highest BCUT2D eigenvalue weighted by atomic mass is 16.3. The lowest BCUT2D eigenvalue weighted by atomic mass is 9.83. The molecular formula is C54H37NO. The molecule has 0 bridgehead atoms. The predicted molar refractivity (Wildman–Crippen MR) is 234 cm³/mol. The number of fused-ring (bicyclic) bond motifs is 10. The fraction of sp³-hybridized carbons (Fsp3) is 0.0370. The Balaban J connectivity index is 1.20. The largest absolute Gasteiger partial charge is 0.456 e. The summed E-state index contributed by atoms with van der Waals surface area (Å²) in [6.45, 7) is 0. The maximum atomic E-state index is 6.44. The van der Waals surface area contributed by atoms with E-state index in [1.165, 1.54) is 55.3 Å². The van der Waals surface area contributed by atoms with Gasteiger partial charge in [0.05, 0.1) is 17.1 Å². The molecule has 1 aliphatic rings. The average Bonchev–Trinajstić information content (AvgIpc) is 3.63. The van der Waals surface area contributed by atoms with Gasteiger partial charge in [-0.15, -0.1) is 0 Å². The standard InChI is InChI=1S/C54H37NO/c1-7-23-44-36(15-1)19-13-28-50(44)55(49-27-11-9-24-45(49)40-31-32-48-47-26-10-12-30-52(47)56-53(48)35-40)51-29-14-20-41-34-38-17-3-6-22-43(38)42-21-5-2-16-37(42)33-39-18-4-8-25-46(39)54(41)51/h1-32,35H,33-34H2. The Morgan fingerprint density at radius 1 is 0.339 bits per heavy atom. The zero-order chi connectivity index (χ0) is 37.0. The first-order chi connectivity index (χ1) is 27.8. The van der Waals surface area contributed by atoms with Crippen LogP contribution in [0, 0.1) is 0 Å². The van der Waals surface area contributed by atoms with Crippen LogP contribution in [0.15, 0.2) is 205 Å². The molecule has 0 spiro atoms. The van der Waals surface area contributed by atoms with Gasteiger partial charge in [-0.05, 0) is 99.1 Å². The highest BCUT2D eigenvalue weighted by Crippen LogP contribution is 2.49. The number of anilines is 3. The van der Waals surface area contributed by atoms with Crippen LogP contribution < -0.4 is 4.90 Å². The van der Waals surface area contributed by atoms with Crippen LogP contribution in [0.5, 0.6) is 0 Å². The Bertz CT molecular complexity index is 3110. The van der Waals surface area contributed by atoms with Gasteiger partial charge < -0.3 is 9.32 Å². The van der Waals surface area contributed by atoms with Crippen molar-refractivity contribution in [2.45, 2.75) is 12.8 Å². The van der Waals surface area contributed by atoms with Crippen LogP contribution in [0.25, 0.3) is 66.1 Å². The Hall–Kier alpha value is -7.16. The molecule has 0 unspecified atom stereocenters. The number of hydrogen-bond donors (Lipinski definition) is 0. The molecular weight excluding hydrogens is 679 g/mol. The maximum absolute atomic E-state index is 6.44. The summed E-state index contributed by atoms with van der Waals surface area (Å²) in [7, 11) is 0. The molecule has 0 aliphatic heterocycles. The van der Waals surface area contributed by atoms with E-state index in [2.05, 4.69) is 193 Å². The topological polar surface area (TPSA) is 16.4 Å². The Labute approximate surface area is 326 Å². The molecule has 10 aromatic rings. The first kappa shape index (κ1) is 32.3. The molecule has 2 heteroatoms. The van der Waals surface area contributed by atoms with Gasteiger partial charge in [0.25, 0.3) is 0 Å². The van der Waals surface area contributed by atoms with Crippen molar-refractivity contribution >= 4 is 49.8 Å². The summed E-state index contributed by atoms with van der Waals surface area (Å²) in [4.78, 5) is 2.52. The van der Waals surface area contributed by atoms with Gasteiger partial charge in [-0.3, -0.25) is 0 Å². The van der Waals surface area contributed by atoms with Crippen molar-refractivity contribution in [3.05, 3.63) is 222 Å². The van der Waals surface area contributed by atoms with Crippen molar-refractivity contribution in [2.75, 3.05) is 4.90 Å². The van der Waals surface area contributed by atoms with E-state index < -0.39 is 0 Å². The Kier molecular flexibility index (Phi) is 7.67. The van der Waals surface area contributed by atoms with Gasteiger partial charge >= 0.3 is 0 Å². The summed E-state index contributed by atoms with van der Waals surface area (Å²) >= 11 is 0. The van der Waals surface area contributed by atoms with Gasteiger partial charge in [-0.25, -0.2) is 0 Å². The molecule has 0 N–H and O–H groups in total. The molecule has 9 aromatic carbocycles. The van der Waals surface area contributed by atoms with E-state index in [4.69, 9.17) is 4.42 Å². The second kappa shape index (κ2) is 13.3. The van der Waals surface area contributed by atoms with Crippen molar-refractivity contribution in [2.24, 2.45) is 0 Å². The van der Waals surface area contributed by atoms with Gasteiger partial charge in [-0.1, -0.05) is 164 Å². The second-order valence-electron chi connectivity index (χ2n) is 14.8. The normalized spacial score (nSPS) is 12.1. The fourth-order valence-corrected chi connectivity index (χ4v) is 9.03. The van der Waals surface area contributed by atoms with Gasteiger partial charge in [0.1, 0.15) is 11.2 Å². The number of para-hydroxylation sites is 2. The third kappa shape index (κ3) is 5.33. The minimum Gasteiger partial charge on any atom is -0.456 e. The van der Waals surface area contributed by atoms with Gasteiger partial charge in [0.2, 0.25) is 0 Å². The lowest BCUT2D eigenvalue weighted by Gasteiger charge is -2.32. The summed E-state index contributed by atoms with van der Waals surface area (Å²) in [6, 6.07) is 73.1. The third-order valence-electron chi connectivity index (χ3n) is 11.6. The monoisotopic (exact) mass is 715 g/mol. The summed E-state index contributed by atoms with van der Waals surface area (Å²) in [6.07, 6.45) is 1.63. The second-order valence-corrected chi connectivity index (χ2v) is 14.8. The van der Waals surface area contributed by atoms with Crippen LogP contribution in [0.1, 0.15) is 22.3 Å². The van der Waals surface area contributed by atoms with E-state index in [-0.39, 0.29) is 0 Å². The van der Waals surface area contributed by atoms with Gasteiger partial charge in [0, 0.05) is 27.3 Å². The van der Waals surface area contributed by atoms with Crippen molar-refractivity contribution in [1.29, 1.82) is 0 Å². The van der Waals surface area contributed by atoms with Gasteiger partial charge in [0.15, 0.2) is 0 Å². The van der Waals surface area contributed by atoms with Crippen LogP contribution in [0.3, 0.4) is 0 Å². The summed E-state index contributed by atoms with van der Waals surface area (Å²) < 4.78 is 6.44. The van der Waals surface area contributed by atoms with Crippen molar-refractivity contribution in [3.63, 3.8) is 0 Å². The first-order valence-electron chi connectivity index (χ1n) is 19.4. The van der Waals surface area contributed by atoms with E-state index in [1.54, 1.807) is 0 Å². The van der Waals surface area contributed by atoms with E-state index in [1.807, 2.05) is 12.1 Å². The minimum atomic E-state index is 0.801. The fourth-order valence-electron chi connectivity index (χ4n) is 9.03. The zero-order valence-electron chi connectivity index (χ0n) is 30.8. The SMILES string of the molecule is c1ccc2c(c1)Cc1ccccc1-c1c(cccc1N(c1ccccc1-c1ccc3c(c1)oc1ccccc13)c1cccc3ccccc13)Cc1ccccc1-2. The molecule has 11 rings (SSSR count). The lowest BCUT2D eigenvalue weighted by molar-refractivity contribution is 0.669. The van der Waals surface area contributed by atoms with Crippen LogP contribution in [-0.2, 0) is 12.8 Å². The number of furan rings is 1. The molecule has 264 valence electrons. The lowest BCUT2D eigenvalue weighted by Crippen LogP contribution is -2.14. The molecule has 56 heavy (non-hydrogen) atoms. The van der Waals surface area contributed by atoms with E-state index in [0.717, 1.165) is 63.0 Å². The van der Waals surface area contributed by atoms with E-state index in [0.29, 0.717) is 0 Å². The molecule has 1 heterocycles. The highest BCUT2D eigenvalue weighted by Gasteiger charge is 2.26. The molecule has 1 aliphatic carbocycles. The highest BCUT2D eigenvalue weighted by molar-refractivity contribution is 6.07. The Morgan fingerprint density at radius 3 is 1.66 bits per heavy atom. The maximum Gasteiger partial charge on any atom is 0.136 e. The summed E-state index contributed by atoms with van der Waals surface area (Å²) in [5.41, 5.74) is 17.8.